The number of aromatic nitrogens is 3. The van der Waals surface area contributed by atoms with Crippen LogP contribution in [0, 0.1) is 0 Å². The Labute approximate surface area is 164 Å². The van der Waals surface area contributed by atoms with Crippen LogP contribution in [-0.4, -0.2) is 32.6 Å². The van der Waals surface area contributed by atoms with Gasteiger partial charge in [-0.1, -0.05) is 11.6 Å². The number of aryl methyl sites for hydroxylation is 3. The third-order valence-electron chi connectivity index (χ3n) is 5.79. The van der Waals surface area contributed by atoms with E-state index in [0.29, 0.717) is 0 Å². The molecule has 0 spiro atoms. The molecule has 5 rings (SSSR count). The second-order valence-electron chi connectivity index (χ2n) is 7.66. The molecule has 4 nitrogen and oxygen atoms in total. The summed E-state index contributed by atoms with van der Waals surface area (Å²) in [4.78, 5) is 7.03. The average molecular weight is 379 g/mol. The molecule has 0 fully saturated rings. The molecular weight excluding hydrogens is 356 g/mol. The highest BCUT2D eigenvalue weighted by molar-refractivity contribution is 6.31. The van der Waals surface area contributed by atoms with Crippen LogP contribution >= 0.6 is 11.6 Å². The molecule has 0 saturated carbocycles. The number of hydrogen-bond acceptors (Lipinski definition) is 2. The highest BCUT2D eigenvalue weighted by atomic mass is 35.5. The number of pyridine rings is 1. The second-order valence-corrected chi connectivity index (χ2v) is 8.10. The zero-order valence-corrected chi connectivity index (χ0v) is 16.5. The maximum Gasteiger partial charge on any atom is 0.139 e. The molecule has 5 heteroatoms. The fourth-order valence-electron chi connectivity index (χ4n) is 4.39. The first-order valence-corrected chi connectivity index (χ1v) is 9.86. The summed E-state index contributed by atoms with van der Waals surface area (Å²) in [6, 6.07) is 10.7. The van der Waals surface area contributed by atoms with Crippen molar-refractivity contribution >= 4 is 33.5 Å². The molecule has 4 aromatic rings. The molecule has 0 unspecified atom stereocenters. The minimum absolute atomic E-state index is 0.814. The summed E-state index contributed by atoms with van der Waals surface area (Å²) in [5.74, 6) is 0. The molecule has 4 heterocycles. The van der Waals surface area contributed by atoms with Gasteiger partial charge in [0.1, 0.15) is 5.65 Å². The SMILES string of the molecule is CN1CCc2c(c3cc(Cl)ccc3n2CCc2cnc3c(ccn3C)c2)C1. The van der Waals surface area contributed by atoms with E-state index in [9.17, 15) is 0 Å². The topological polar surface area (TPSA) is 26.0 Å². The highest BCUT2D eigenvalue weighted by Gasteiger charge is 2.22. The van der Waals surface area contributed by atoms with Crippen LogP contribution in [0.2, 0.25) is 5.02 Å². The lowest BCUT2D eigenvalue weighted by Crippen LogP contribution is -2.27. The number of hydrogen-bond donors (Lipinski definition) is 0. The number of nitrogens with zero attached hydrogens (tertiary/aromatic N) is 4. The fraction of sp³-hybridized carbons (Fsp3) is 0.318. The number of halogens is 1. The van der Waals surface area contributed by atoms with E-state index in [1.54, 1.807) is 0 Å². The molecule has 0 atom stereocenters. The Morgan fingerprint density at radius 1 is 1.15 bits per heavy atom. The van der Waals surface area contributed by atoms with Crippen molar-refractivity contribution in [1.82, 2.24) is 19.0 Å². The van der Waals surface area contributed by atoms with Crippen molar-refractivity contribution in [3.05, 3.63) is 64.6 Å². The van der Waals surface area contributed by atoms with E-state index >= 15 is 0 Å². The maximum absolute atomic E-state index is 6.30. The molecular formula is C22H23ClN4. The van der Waals surface area contributed by atoms with Crippen LogP contribution in [0.15, 0.2) is 42.7 Å². The molecule has 1 aliphatic rings. The minimum Gasteiger partial charge on any atom is -0.344 e. The van der Waals surface area contributed by atoms with E-state index in [2.05, 4.69) is 56.5 Å². The van der Waals surface area contributed by atoms with E-state index in [1.165, 1.54) is 33.1 Å². The van der Waals surface area contributed by atoms with Crippen molar-refractivity contribution < 1.29 is 0 Å². The molecule has 0 aliphatic carbocycles. The zero-order valence-electron chi connectivity index (χ0n) is 15.7. The molecule has 3 aromatic heterocycles. The van der Waals surface area contributed by atoms with Crippen molar-refractivity contribution in [1.29, 1.82) is 0 Å². The van der Waals surface area contributed by atoms with Crippen LogP contribution in [0.25, 0.3) is 21.9 Å². The van der Waals surface area contributed by atoms with Gasteiger partial charge in [0.2, 0.25) is 0 Å². The number of fused-ring (bicyclic) bond motifs is 4. The molecule has 0 saturated heterocycles. The lowest BCUT2D eigenvalue weighted by atomic mass is 10.1. The fourth-order valence-corrected chi connectivity index (χ4v) is 4.56. The van der Waals surface area contributed by atoms with Crippen molar-refractivity contribution in [2.75, 3.05) is 13.6 Å². The summed E-state index contributed by atoms with van der Waals surface area (Å²) in [7, 11) is 4.23. The Hall–Kier alpha value is -2.30. The summed E-state index contributed by atoms with van der Waals surface area (Å²) in [5, 5.41) is 3.33. The summed E-state index contributed by atoms with van der Waals surface area (Å²) in [5.41, 5.74) is 6.54. The Bertz CT molecular complexity index is 1150. The molecule has 1 aromatic carbocycles. The van der Waals surface area contributed by atoms with E-state index in [1.807, 2.05) is 19.3 Å². The first kappa shape index (κ1) is 16.8. The minimum atomic E-state index is 0.814. The smallest absolute Gasteiger partial charge is 0.139 e. The van der Waals surface area contributed by atoms with Crippen LogP contribution in [0.1, 0.15) is 16.8 Å². The van der Waals surface area contributed by atoms with Crippen molar-refractivity contribution in [2.24, 2.45) is 7.05 Å². The highest BCUT2D eigenvalue weighted by Crippen LogP contribution is 2.32. The molecule has 0 amide bonds. The van der Waals surface area contributed by atoms with Crippen LogP contribution in [0.5, 0.6) is 0 Å². The molecule has 0 N–H and O–H groups in total. The largest absolute Gasteiger partial charge is 0.344 e. The maximum atomic E-state index is 6.30. The van der Waals surface area contributed by atoms with Gasteiger partial charge in [0, 0.05) is 72.5 Å². The van der Waals surface area contributed by atoms with Gasteiger partial charge in [-0.05, 0) is 54.9 Å². The van der Waals surface area contributed by atoms with Gasteiger partial charge < -0.3 is 14.0 Å². The Morgan fingerprint density at radius 3 is 2.93 bits per heavy atom. The summed E-state index contributed by atoms with van der Waals surface area (Å²) >= 11 is 6.30. The second kappa shape index (κ2) is 6.39. The first-order valence-electron chi connectivity index (χ1n) is 9.48. The van der Waals surface area contributed by atoms with Crippen molar-refractivity contribution in [3.8, 4) is 0 Å². The van der Waals surface area contributed by atoms with Gasteiger partial charge in [-0.3, -0.25) is 0 Å². The quantitative estimate of drug-likeness (QED) is 0.527. The van der Waals surface area contributed by atoms with Gasteiger partial charge in [0.15, 0.2) is 0 Å². The Balaban J connectivity index is 1.52. The van der Waals surface area contributed by atoms with Crippen LogP contribution in [-0.2, 0) is 33.0 Å². The molecule has 0 radical (unpaired) electrons. The van der Waals surface area contributed by atoms with E-state index in [4.69, 9.17) is 11.6 Å². The average Bonchev–Trinajstić information content (AvgIpc) is 3.17. The number of likely N-dealkylation sites (N-methyl/N-ethyl adjacent to an activating group) is 1. The first-order chi connectivity index (χ1) is 13.1. The van der Waals surface area contributed by atoms with E-state index < -0.39 is 0 Å². The van der Waals surface area contributed by atoms with Gasteiger partial charge >= 0.3 is 0 Å². The van der Waals surface area contributed by atoms with Crippen LogP contribution in [0.4, 0.5) is 0 Å². The van der Waals surface area contributed by atoms with Gasteiger partial charge in [0.25, 0.3) is 0 Å². The van der Waals surface area contributed by atoms with Gasteiger partial charge in [-0.25, -0.2) is 4.98 Å². The number of benzene rings is 1. The standard InChI is InChI=1S/C22H23ClN4/c1-25-8-7-21-19(14-25)18-12-17(23)3-4-20(18)27(21)10-5-15-11-16-6-9-26(2)22(16)24-13-15/h3-4,6,9,11-13H,5,7-8,10,14H2,1-2H3. The monoisotopic (exact) mass is 378 g/mol. The predicted octanol–water partition coefficient (Wildman–Crippen LogP) is 4.41. The Morgan fingerprint density at radius 2 is 2.04 bits per heavy atom. The Kier molecular flexibility index (Phi) is 3.99. The predicted molar refractivity (Wildman–Crippen MR) is 111 cm³/mol. The van der Waals surface area contributed by atoms with Gasteiger partial charge in [-0.2, -0.15) is 0 Å². The summed E-state index contributed by atoms with van der Waals surface area (Å²) in [6.07, 6.45) is 6.16. The third kappa shape index (κ3) is 2.84. The molecule has 0 bridgehead atoms. The van der Waals surface area contributed by atoms with Crippen molar-refractivity contribution in [2.45, 2.75) is 25.9 Å². The summed E-state index contributed by atoms with van der Waals surface area (Å²) < 4.78 is 4.57. The van der Waals surface area contributed by atoms with Crippen LogP contribution < -0.4 is 0 Å². The van der Waals surface area contributed by atoms with E-state index in [0.717, 1.165) is 43.1 Å². The normalized spacial score (nSPS) is 14.9. The zero-order chi connectivity index (χ0) is 18.5. The van der Waals surface area contributed by atoms with Crippen molar-refractivity contribution in [3.63, 3.8) is 0 Å². The summed E-state index contributed by atoms with van der Waals surface area (Å²) in [6.45, 7) is 3.07. The lowest BCUT2D eigenvalue weighted by Gasteiger charge is -2.24. The molecule has 1 aliphatic heterocycles. The van der Waals surface area contributed by atoms with Gasteiger partial charge in [0.05, 0.1) is 0 Å². The lowest BCUT2D eigenvalue weighted by molar-refractivity contribution is 0.309. The number of rotatable bonds is 3. The van der Waals surface area contributed by atoms with Crippen LogP contribution in [0.3, 0.4) is 0 Å². The van der Waals surface area contributed by atoms with E-state index in [-0.39, 0.29) is 0 Å². The van der Waals surface area contributed by atoms with Gasteiger partial charge in [-0.15, -0.1) is 0 Å². The molecule has 138 valence electrons. The molecule has 27 heavy (non-hydrogen) atoms. The third-order valence-corrected chi connectivity index (χ3v) is 6.03.